The molecular weight excluding hydrogens is 206 g/mol. The number of imidazole rings is 1. The number of hydrogen-bond donors (Lipinski definition) is 2. The number of fused-ring (bicyclic) bond motifs is 2. The first-order valence-electron chi connectivity index (χ1n) is 5.75. The summed E-state index contributed by atoms with van der Waals surface area (Å²) in [5, 5.41) is 9.66. The van der Waals surface area contributed by atoms with E-state index in [0.29, 0.717) is 5.69 Å². The van der Waals surface area contributed by atoms with E-state index in [1.807, 2.05) is 4.90 Å². The summed E-state index contributed by atoms with van der Waals surface area (Å²) in [6, 6.07) is 0.425. The van der Waals surface area contributed by atoms with Gasteiger partial charge in [0.25, 0.3) is 5.91 Å². The van der Waals surface area contributed by atoms with E-state index in [0.717, 1.165) is 25.7 Å². The number of aromatic nitrogens is 2. The monoisotopic (exact) mass is 221 g/mol. The molecule has 1 aromatic rings. The maximum atomic E-state index is 12.2. The third kappa shape index (κ3) is 1.43. The average Bonchev–Trinajstić information content (AvgIpc) is 2.85. The van der Waals surface area contributed by atoms with E-state index in [1.165, 1.54) is 6.33 Å². The number of aliphatic hydroxyl groups is 1. The van der Waals surface area contributed by atoms with E-state index in [4.69, 9.17) is 0 Å². The van der Waals surface area contributed by atoms with Crippen LogP contribution in [0.3, 0.4) is 0 Å². The molecule has 0 spiro atoms. The van der Waals surface area contributed by atoms with Crippen LogP contribution in [0.4, 0.5) is 0 Å². The van der Waals surface area contributed by atoms with Gasteiger partial charge in [-0.05, 0) is 25.7 Å². The quantitative estimate of drug-likeness (QED) is 0.727. The molecule has 5 heteroatoms. The molecule has 2 fully saturated rings. The Bertz CT molecular complexity index is 376. The molecule has 0 radical (unpaired) electrons. The summed E-state index contributed by atoms with van der Waals surface area (Å²) in [4.78, 5) is 20.9. The Morgan fingerprint density at radius 3 is 2.69 bits per heavy atom. The highest BCUT2D eigenvalue weighted by atomic mass is 16.3. The molecule has 0 aliphatic carbocycles. The number of H-pyrrole nitrogens is 1. The highest BCUT2D eigenvalue weighted by molar-refractivity contribution is 5.92. The van der Waals surface area contributed by atoms with Crippen LogP contribution >= 0.6 is 0 Å². The van der Waals surface area contributed by atoms with Crippen molar-refractivity contribution in [3.63, 3.8) is 0 Å². The normalized spacial score (nSPS) is 33.1. The Labute approximate surface area is 93.5 Å². The molecule has 16 heavy (non-hydrogen) atoms. The first-order valence-corrected chi connectivity index (χ1v) is 5.75. The SMILES string of the molecule is O=C(c1cnc[nH]1)N1C2CCC1CC(O)C2. The van der Waals surface area contributed by atoms with Crippen LogP contribution in [-0.2, 0) is 0 Å². The van der Waals surface area contributed by atoms with Gasteiger partial charge < -0.3 is 15.0 Å². The number of nitrogens with one attached hydrogen (secondary N) is 1. The summed E-state index contributed by atoms with van der Waals surface area (Å²) < 4.78 is 0. The fourth-order valence-electron chi connectivity index (χ4n) is 2.99. The van der Waals surface area contributed by atoms with Gasteiger partial charge in [-0.3, -0.25) is 4.79 Å². The Morgan fingerprint density at radius 2 is 2.12 bits per heavy atom. The summed E-state index contributed by atoms with van der Waals surface area (Å²) in [6.45, 7) is 0. The van der Waals surface area contributed by atoms with Crippen molar-refractivity contribution in [1.82, 2.24) is 14.9 Å². The Hall–Kier alpha value is -1.36. The molecule has 2 saturated heterocycles. The number of aromatic amines is 1. The van der Waals surface area contributed by atoms with Crippen LogP contribution in [0.15, 0.2) is 12.5 Å². The van der Waals surface area contributed by atoms with Gasteiger partial charge in [0.05, 0.1) is 18.6 Å². The minimum atomic E-state index is -0.233. The van der Waals surface area contributed by atoms with E-state index in [2.05, 4.69) is 9.97 Å². The second-order valence-electron chi connectivity index (χ2n) is 4.69. The van der Waals surface area contributed by atoms with Gasteiger partial charge in [0, 0.05) is 12.1 Å². The molecule has 0 saturated carbocycles. The van der Waals surface area contributed by atoms with Crippen molar-refractivity contribution in [3.8, 4) is 0 Å². The number of hydrogen-bond acceptors (Lipinski definition) is 3. The zero-order valence-electron chi connectivity index (χ0n) is 8.97. The maximum absolute atomic E-state index is 12.2. The molecule has 3 heterocycles. The van der Waals surface area contributed by atoms with Crippen LogP contribution in [0.5, 0.6) is 0 Å². The minimum absolute atomic E-state index is 0.0249. The fourth-order valence-corrected chi connectivity index (χ4v) is 2.99. The van der Waals surface area contributed by atoms with Crippen LogP contribution < -0.4 is 0 Å². The largest absolute Gasteiger partial charge is 0.393 e. The summed E-state index contributed by atoms with van der Waals surface area (Å²) in [6.07, 6.45) is 6.32. The van der Waals surface area contributed by atoms with E-state index in [1.54, 1.807) is 6.20 Å². The van der Waals surface area contributed by atoms with E-state index >= 15 is 0 Å². The summed E-state index contributed by atoms with van der Waals surface area (Å²) in [7, 11) is 0. The van der Waals surface area contributed by atoms with Crippen molar-refractivity contribution in [1.29, 1.82) is 0 Å². The number of nitrogens with zero attached hydrogens (tertiary/aromatic N) is 2. The second kappa shape index (κ2) is 3.59. The number of amides is 1. The Balaban J connectivity index is 1.84. The van der Waals surface area contributed by atoms with E-state index in [9.17, 15) is 9.90 Å². The number of carbonyl (C=O) groups excluding carboxylic acids is 1. The molecular formula is C11H15N3O2. The molecule has 1 aromatic heterocycles. The summed E-state index contributed by atoms with van der Waals surface area (Å²) >= 11 is 0. The number of rotatable bonds is 1. The molecule has 2 atom stereocenters. The molecule has 1 amide bonds. The molecule has 86 valence electrons. The van der Waals surface area contributed by atoms with Gasteiger partial charge in [-0.15, -0.1) is 0 Å². The number of aliphatic hydroxyl groups excluding tert-OH is 1. The van der Waals surface area contributed by atoms with Crippen LogP contribution in [0.25, 0.3) is 0 Å². The topological polar surface area (TPSA) is 69.2 Å². The zero-order valence-corrected chi connectivity index (χ0v) is 8.97. The molecule has 2 aliphatic heterocycles. The highest BCUT2D eigenvalue weighted by Gasteiger charge is 2.43. The molecule has 2 N–H and O–H groups in total. The molecule has 5 nitrogen and oxygen atoms in total. The van der Waals surface area contributed by atoms with Gasteiger partial charge in [0.1, 0.15) is 5.69 Å². The summed E-state index contributed by atoms with van der Waals surface area (Å²) in [5.74, 6) is 0.0249. The standard InChI is InChI=1S/C11H15N3O2/c15-9-3-7-1-2-8(4-9)14(7)11(16)10-5-12-6-13-10/h5-9,15H,1-4H2,(H,12,13). The van der Waals surface area contributed by atoms with Crippen LogP contribution in [0.1, 0.15) is 36.2 Å². The first kappa shape index (κ1) is 9.84. The molecule has 2 bridgehead atoms. The maximum Gasteiger partial charge on any atom is 0.272 e. The van der Waals surface area contributed by atoms with E-state index in [-0.39, 0.29) is 24.1 Å². The lowest BCUT2D eigenvalue weighted by Crippen LogP contribution is -2.48. The molecule has 2 aliphatic rings. The van der Waals surface area contributed by atoms with Crippen molar-refractivity contribution in [2.75, 3.05) is 0 Å². The molecule has 3 rings (SSSR count). The summed E-state index contributed by atoms with van der Waals surface area (Å²) in [5.41, 5.74) is 0.549. The molecule has 2 unspecified atom stereocenters. The van der Waals surface area contributed by atoms with Gasteiger partial charge in [-0.25, -0.2) is 4.98 Å². The third-order valence-electron chi connectivity index (χ3n) is 3.67. The van der Waals surface area contributed by atoms with Gasteiger partial charge in [-0.1, -0.05) is 0 Å². The first-order chi connectivity index (χ1) is 7.75. The van der Waals surface area contributed by atoms with Crippen molar-refractivity contribution in [3.05, 3.63) is 18.2 Å². The van der Waals surface area contributed by atoms with Crippen molar-refractivity contribution in [2.24, 2.45) is 0 Å². The second-order valence-corrected chi connectivity index (χ2v) is 4.69. The van der Waals surface area contributed by atoms with Crippen LogP contribution in [0.2, 0.25) is 0 Å². The molecule has 0 aromatic carbocycles. The Morgan fingerprint density at radius 1 is 1.44 bits per heavy atom. The predicted molar refractivity (Wildman–Crippen MR) is 56.8 cm³/mol. The average molecular weight is 221 g/mol. The minimum Gasteiger partial charge on any atom is -0.393 e. The highest BCUT2D eigenvalue weighted by Crippen LogP contribution is 2.36. The third-order valence-corrected chi connectivity index (χ3v) is 3.67. The predicted octanol–water partition coefficient (Wildman–Crippen LogP) is 0.538. The van der Waals surface area contributed by atoms with Crippen molar-refractivity contribution >= 4 is 5.91 Å². The van der Waals surface area contributed by atoms with Crippen LogP contribution in [-0.4, -0.2) is 44.1 Å². The number of piperidine rings is 1. The lowest BCUT2D eigenvalue weighted by molar-refractivity contribution is 0.0283. The van der Waals surface area contributed by atoms with Gasteiger partial charge in [0.2, 0.25) is 0 Å². The van der Waals surface area contributed by atoms with Crippen molar-refractivity contribution in [2.45, 2.75) is 43.9 Å². The lowest BCUT2D eigenvalue weighted by Gasteiger charge is -2.36. The van der Waals surface area contributed by atoms with Gasteiger partial charge >= 0.3 is 0 Å². The number of carbonyl (C=O) groups is 1. The van der Waals surface area contributed by atoms with Crippen LogP contribution in [0, 0.1) is 0 Å². The zero-order chi connectivity index (χ0) is 11.1. The van der Waals surface area contributed by atoms with Gasteiger partial charge in [0.15, 0.2) is 0 Å². The van der Waals surface area contributed by atoms with Crippen molar-refractivity contribution < 1.29 is 9.90 Å². The van der Waals surface area contributed by atoms with E-state index < -0.39 is 0 Å². The van der Waals surface area contributed by atoms with Gasteiger partial charge in [-0.2, -0.15) is 0 Å². The smallest absolute Gasteiger partial charge is 0.272 e. The lowest BCUT2D eigenvalue weighted by atomic mass is 9.99. The Kier molecular flexibility index (Phi) is 2.21. The fraction of sp³-hybridized carbons (Fsp3) is 0.636.